The zero-order chi connectivity index (χ0) is 25.9. The fourth-order valence-corrected chi connectivity index (χ4v) is 4.75. The van der Waals surface area contributed by atoms with E-state index in [-0.39, 0.29) is 34.7 Å². The van der Waals surface area contributed by atoms with E-state index in [1.807, 2.05) is 30.3 Å². The number of thiocarbonyl (C=S) groups is 1. The molecule has 0 bridgehead atoms. The third kappa shape index (κ3) is 11.4. The summed E-state index contributed by atoms with van der Waals surface area (Å²) < 4.78 is 32.5. The van der Waals surface area contributed by atoms with Gasteiger partial charge in [-0.3, -0.25) is 9.59 Å². The van der Waals surface area contributed by atoms with E-state index in [9.17, 15) is 18.0 Å². The number of rotatable bonds is 11. The monoisotopic (exact) mass is 519 g/mol. The van der Waals surface area contributed by atoms with Crippen LogP contribution in [0.4, 0.5) is 5.69 Å². The number of esters is 1. The molecular formula is C25H33N3O5S2. The number of hydrogen-bond acceptors (Lipinski definition) is 6. The predicted molar refractivity (Wildman–Crippen MR) is 140 cm³/mol. The highest BCUT2D eigenvalue weighted by atomic mass is 32.2. The van der Waals surface area contributed by atoms with Gasteiger partial charge in [-0.05, 0) is 82.1 Å². The number of aryl methyl sites for hydroxylation is 1. The van der Waals surface area contributed by atoms with Crippen LogP contribution in [-0.2, 0) is 30.8 Å². The highest BCUT2D eigenvalue weighted by Crippen LogP contribution is 2.16. The lowest BCUT2D eigenvalue weighted by Crippen LogP contribution is -2.40. The average molecular weight is 520 g/mol. The van der Waals surface area contributed by atoms with Gasteiger partial charge in [0.05, 0.1) is 11.5 Å². The van der Waals surface area contributed by atoms with Gasteiger partial charge in [0.15, 0.2) is 5.11 Å². The van der Waals surface area contributed by atoms with Crippen molar-refractivity contribution in [3.05, 3.63) is 60.2 Å². The van der Waals surface area contributed by atoms with Crippen LogP contribution in [0.3, 0.4) is 0 Å². The van der Waals surface area contributed by atoms with Crippen molar-refractivity contribution in [2.45, 2.75) is 63.3 Å². The minimum absolute atomic E-state index is 0.0851. The molecule has 0 saturated carbocycles. The summed E-state index contributed by atoms with van der Waals surface area (Å²) in [6, 6.07) is 16.0. The van der Waals surface area contributed by atoms with Crippen LogP contribution in [0.2, 0.25) is 0 Å². The molecule has 0 atom stereocenters. The molecular weight excluding hydrogens is 486 g/mol. The Morgan fingerprint density at radius 1 is 0.943 bits per heavy atom. The van der Waals surface area contributed by atoms with Gasteiger partial charge >= 0.3 is 5.97 Å². The second-order valence-electron chi connectivity index (χ2n) is 9.05. The maximum atomic E-state index is 12.4. The Balaban J connectivity index is 1.65. The van der Waals surface area contributed by atoms with Gasteiger partial charge in [0, 0.05) is 24.1 Å². The van der Waals surface area contributed by atoms with Crippen LogP contribution in [0, 0.1) is 0 Å². The quantitative estimate of drug-likeness (QED) is 0.234. The Morgan fingerprint density at radius 2 is 1.60 bits per heavy atom. The van der Waals surface area contributed by atoms with Gasteiger partial charge in [0.1, 0.15) is 0 Å². The van der Waals surface area contributed by atoms with Crippen LogP contribution in [0.5, 0.6) is 0 Å². The number of anilines is 1. The minimum atomic E-state index is -3.64. The fraction of sp³-hybridized carbons (Fsp3) is 0.400. The van der Waals surface area contributed by atoms with Crippen molar-refractivity contribution in [2.75, 3.05) is 11.9 Å². The van der Waals surface area contributed by atoms with Gasteiger partial charge in [-0.2, -0.15) is 0 Å². The first kappa shape index (κ1) is 28.4. The molecule has 0 saturated heterocycles. The SMILES string of the molecule is CC(C)(C)NS(=O)(=O)c1ccc(NC(=S)NC(=O)CCCC(=O)OCCCc2ccccc2)cc1. The van der Waals surface area contributed by atoms with Gasteiger partial charge in [-0.1, -0.05) is 30.3 Å². The molecule has 10 heteroatoms. The third-order valence-electron chi connectivity index (χ3n) is 4.62. The van der Waals surface area contributed by atoms with E-state index in [2.05, 4.69) is 15.4 Å². The molecule has 0 aliphatic rings. The summed E-state index contributed by atoms with van der Waals surface area (Å²) in [6.07, 6.45) is 2.21. The van der Waals surface area contributed by atoms with Crippen LogP contribution >= 0.6 is 12.2 Å². The summed E-state index contributed by atoms with van der Waals surface area (Å²) in [5, 5.41) is 5.47. The number of hydrogen-bond donors (Lipinski definition) is 3. The lowest BCUT2D eigenvalue weighted by atomic mass is 10.1. The fourth-order valence-electron chi connectivity index (χ4n) is 3.10. The molecule has 0 aromatic heterocycles. The van der Waals surface area contributed by atoms with E-state index in [1.165, 1.54) is 17.7 Å². The lowest BCUT2D eigenvalue weighted by Gasteiger charge is -2.20. The first-order chi connectivity index (χ1) is 16.4. The van der Waals surface area contributed by atoms with Gasteiger partial charge in [0.2, 0.25) is 15.9 Å². The van der Waals surface area contributed by atoms with E-state index in [4.69, 9.17) is 17.0 Å². The first-order valence-electron chi connectivity index (χ1n) is 11.4. The summed E-state index contributed by atoms with van der Waals surface area (Å²) in [5.41, 5.74) is 1.13. The summed E-state index contributed by atoms with van der Waals surface area (Å²) in [7, 11) is -3.64. The number of carbonyl (C=O) groups is 2. The number of carbonyl (C=O) groups excluding carboxylic acids is 2. The van der Waals surface area contributed by atoms with Crippen molar-refractivity contribution in [1.82, 2.24) is 10.0 Å². The topological polar surface area (TPSA) is 114 Å². The largest absolute Gasteiger partial charge is 0.466 e. The Morgan fingerprint density at radius 3 is 2.23 bits per heavy atom. The predicted octanol–water partition coefficient (Wildman–Crippen LogP) is 3.92. The zero-order valence-corrected chi connectivity index (χ0v) is 21.9. The number of amides is 1. The lowest BCUT2D eigenvalue weighted by molar-refractivity contribution is -0.143. The third-order valence-corrected chi connectivity index (χ3v) is 6.59. The summed E-state index contributed by atoms with van der Waals surface area (Å²) in [4.78, 5) is 24.0. The molecule has 2 aromatic carbocycles. The molecule has 0 aliphatic heterocycles. The highest BCUT2D eigenvalue weighted by Gasteiger charge is 2.21. The van der Waals surface area contributed by atoms with Crippen LogP contribution in [-0.4, -0.2) is 37.6 Å². The Kier molecular flexibility index (Phi) is 10.8. The van der Waals surface area contributed by atoms with Crippen LogP contribution < -0.4 is 15.4 Å². The molecule has 0 spiro atoms. The van der Waals surface area contributed by atoms with Crippen molar-refractivity contribution in [1.29, 1.82) is 0 Å². The number of ether oxygens (including phenoxy) is 1. The first-order valence-corrected chi connectivity index (χ1v) is 13.3. The second kappa shape index (κ2) is 13.3. The summed E-state index contributed by atoms with van der Waals surface area (Å²) in [5.74, 6) is -0.657. The number of nitrogens with one attached hydrogen (secondary N) is 3. The molecule has 0 radical (unpaired) electrons. The zero-order valence-electron chi connectivity index (χ0n) is 20.3. The second-order valence-corrected chi connectivity index (χ2v) is 11.1. The average Bonchev–Trinajstić information content (AvgIpc) is 2.76. The maximum absolute atomic E-state index is 12.4. The van der Waals surface area contributed by atoms with Crippen molar-refractivity contribution >= 4 is 44.9 Å². The van der Waals surface area contributed by atoms with E-state index in [1.54, 1.807) is 32.9 Å². The van der Waals surface area contributed by atoms with Gasteiger partial charge in [-0.25, -0.2) is 13.1 Å². The maximum Gasteiger partial charge on any atom is 0.305 e. The molecule has 2 rings (SSSR count). The van der Waals surface area contributed by atoms with Crippen LogP contribution in [0.1, 0.15) is 52.0 Å². The van der Waals surface area contributed by atoms with Gasteiger partial charge in [-0.15, -0.1) is 0 Å². The van der Waals surface area contributed by atoms with E-state index in [0.29, 0.717) is 18.7 Å². The number of benzene rings is 2. The molecule has 0 fully saturated rings. The Bertz CT molecular complexity index is 1100. The molecule has 190 valence electrons. The molecule has 8 nitrogen and oxygen atoms in total. The number of sulfonamides is 1. The van der Waals surface area contributed by atoms with Crippen molar-refractivity contribution in [2.24, 2.45) is 0 Å². The van der Waals surface area contributed by atoms with Gasteiger partial charge in [0.25, 0.3) is 0 Å². The summed E-state index contributed by atoms with van der Waals surface area (Å²) >= 11 is 5.14. The van der Waals surface area contributed by atoms with Crippen molar-refractivity contribution in [3.63, 3.8) is 0 Å². The van der Waals surface area contributed by atoms with E-state index >= 15 is 0 Å². The van der Waals surface area contributed by atoms with Crippen molar-refractivity contribution in [3.8, 4) is 0 Å². The van der Waals surface area contributed by atoms with E-state index in [0.717, 1.165) is 12.8 Å². The Labute approximate surface area is 212 Å². The standard InChI is InChI=1S/C25H33N3O5S2/c1-25(2,3)28-35(31,32)21-16-14-20(15-17-21)26-24(34)27-22(29)12-7-13-23(30)33-18-8-11-19-9-5-4-6-10-19/h4-6,9-10,14-17,28H,7-8,11-13,18H2,1-3H3,(H2,26,27,29,34). The molecule has 0 aliphatic carbocycles. The van der Waals surface area contributed by atoms with Crippen LogP contribution in [0.25, 0.3) is 0 Å². The summed E-state index contributed by atoms with van der Waals surface area (Å²) in [6.45, 7) is 5.63. The molecule has 35 heavy (non-hydrogen) atoms. The minimum Gasteiger partial charge on any atom is -0.466 e. The molecule has 0 unspecified atom stereocenters. The molecule has 2 aromatic rings. The normalized spacial score (nSPS) is 11.5. The Hall–Kier alpha value is -2.82. The highest BCUT2D eigenvalue weighted by molar-refractivity contribution is 7.89. The molecule has 1 amide bonds. The van der Waals surface area contributed by atoms with Crippen molar-refractivity contribution < 1.29 is 22.7 Å². The van der Waals surface area contributed by atoms with Gasteiger partial charge < -0.3 is 15.4 Å². The molecule has 0 heterocycles. The molecule has 3 N–H and O–H groups in total. The smallest absolute Gasteiger partial charge is 0.305 e. The van der Waals surface area contributed by atoms with Crippen LogP contribution in [0.15, 0.2) is 59.5 Å². The van der Waals surface area contributed by atoms with E-state index < -0.39 is 15.6 Å².